The lowest BCUT2D eigenvalue weighted by atomic mass is 10.1. The Morgan fingerprint density at radius 2 is 1.75 bits per heavy atom. The topological polar surface area (TPSA) is 90.9 Å². The fourth-order valence-corrected chi connectivity index (χ4v) is 2.63. The minimum atomic E-state index is -1.07. The molecule has 7 heteroatoms. The highest BCUT2D eigenvalue weighted by atomic mass is 16.6. The predicted octanol–water partition coefficient (Wildman–Crippen LogP) is 2.73. The zero-order valence-corrected chi connectivity index (χ0v) is 15.4. The maximum absolute atomic E-state index is 12.5. The molecular weight excluding hydrogens is 362 g/mol. The average molecular weight is 381 g/mol. The first kappa shape index (κ1) is 19.2. The number of esters is 1. The summed E-state index contributed by atoms with van der Waals surface area (Å²) in [5, 5.41) is 2.89. The van der Waals surface area contributed by atoms with Gasteiger partial charge in [0.1, 0.15) is 5.75 Å². The molecule has 0 fully saturated rings. The molecule has 3 rings (SSSR count). The number of ether oxygens (including phenoxy) is 3. The third-order valence-electron chi connectivity index (χ3n) is 4.12. The normalized spacial score (nSPS) is 14.3. The second-order valence-corrected chi connectivity index (χ2v) is 6.05. The Labute approximate surface area is 161 Å². The van der Waals surface area contributed by atoms with Gasteiger partial charge < -0.3 is 19.5 Å². The van der Waals surface area contributed by atoms with Crippen molar-refractivity contribution in [3.05, 3.63) is 71.6 Å². The van der Waals surface area contributed by atoms with Crippen molar-refractivity contribution in [1.82, 2.24) is 0 Å². The summed E-state index contributed by atoms with van der Waals surface area (Å²) in [6.07, 6.45) is -1.07. The van der Waals surface area contributed by atoms with Crippen molar-refractivity contribution in [2.24, 2.45) is 0 Å². The smallest absolute Gasteiger partial charge is 0.348 e. The molecule has 144 valence electrons. The molecule has 28 heavy (non-hydrogen) atoms. The fraction of sp³-hybridized carbons (Fsp3) is 0.190. The molecule has 2 aromatic rings. The third-order valence-corrected chi connectivity index (χ3v) is 4.12. The molecule has 7 nitrogen and oxygen atoms in total. The summed E-state index contributed by atoms with van der Waals surface area (Å²) in [5.74, 6) is -1.18. The Balaban J connectivity index is 1.73. The van der Waals surface area contributed by atoms with Crippen LogP contribution in [0.2, 0.25) is 0 Å². The average Bonchev–Trinajstić information content (AvgIpc) is 3.08. The third kappa shape index (κ3) is 4.20. The van der Waals surface area contributed by atoms with Gasteiger partial charge >= 0.3 is 5.97 Å². The lowest BCUT2D eigenvalue weighted by Gasteiger charge is -2.13. The highest BCUT2D eigenvalue weighted by Crippen LogP contribution is 2.22. The van der Waals surface area contributed by atoms with Gasteiger partial charge in [-0.05, 0) is 43.3 Å². The van der Waals surface area contributed by atoms with E-state index in [2.05, 4.69) is 5.32 Å². The molecule has 1 N–H and O–H groups in total. The zero-order valence-electron chi connectivity index (χ0n) is 15.4. The van der Waals surface area contributed by atoms with Crippen LogP contribution in [0.4, 0.5) is 5.69 Å². The van der Waals surface area contributed by atoms with Crippen LogP contribution in [0.3, 0.4) is 0 Å². The van der Waals surface area contributed by atoms with E-state index in [0.29, 0.717) is 17.0 Å². The van der Waals surface area contributed by atoms with E-state index >= 15 is 0 Å². The van der Waals surface area contributed by atoms with Crippen LogP contribution in [0.5, 0.6) is 5.75 Å². The Morgan fingerprint density at radius 1 is 1.07 bits per heavy atom. The summed E-state index contributed by atoms with van der Waals surface area (Å²) in [6.45, 7) is 1.19. The van der Waals surface area contributed by atoms with Gasteiger partial charge in [-0.15, -0.1) is 0 Å². The van der Waals surface area contributed by atoms with Gasteiger partial charge in [-0.3, -0.25) is 9.59 Å². The molecule has 1 heterocycles. The SMILES string of the molecule is COc1ccc(C(=O)[C@H](C)OC(=O)C2=C(Nc3ccccc3)OCC2=O)cc1. The zero-order chi connectivity index (χ0) is 20.1. The molecule has 0 aromatic heterocycles. The molecule has 0 unspecified atom stereocenters. The number of carbonyl (C=O) groups is 3. The maximum Gasteiger partial charge on any atom is 0.348 e. The number of carbonyl (C=O) groups excluding carboxylic acids is 3. The minimum Gasteiger partial charge on any atom is -0.497 e. The van der Waals surface area contributed by atoms with Gasteiger partial charge in [-0.1, -0.05) is 18.2 Å². The van der Waals surface area contributed by atoms with Gasteiger partial charge in [0.15, 0.2) is 18.3 Å². The first-order chi connectivity index (χ1) is 13.5. The van der Waals surface area contributed by atoms with Gasteiger partial charge in [0.2, 0.25) is 17.4 Å². The first-order valence-electron chi connectivity index (χ1n) is 8.61. The summed E-state index contributed by atoms with van der Waals surface area (Å²) in [6, 6.07) is 15.4. The van der Waals surface area contributed by atoms with Gasteiger partial charge in [-0.2, -0.15) is 0 Å². The summed E-state index contributed by atoms with van der Waals surface area (Å²) >= 11 is 0. The number of Topliss-reactive ketones (excluding diaryl/α,β-unsaturated/α-hetero) is 2. The van der Waals surface area contributed by atoms with Crippen LogP contribution in [0.25, 0.3) is 0 Å². The number of hydrogen-bond acceptors (Lipinski definition) is 7. The largest absolute Gasteiger partial charge is 0.497 e. The lowest BCUT2D eigenvalue weighted by Crippen LogP contribution is -2.27. The molecule has 1 aliphatic rings. The highest BCUT2D eigenvalue weighted by Gasteiger charge is 2.34. The number of methoxy groups -OCH3 is 1. The van der Waals surface area contributed by atoms with E-state index in [4.69, 9.17) is 14.2 Å². The summed E-state index contributed by atoms with van der Waals surface area (Å²) in [7, 11) is 1.52. The number of nitrogens with one attached hydrogen (secondary N) is 1. The van der Waals surface area contributed by atoms with Crippen molar-refractivity contribution in [2.45, 2.75) is 13.0 Å². The van der Waals surface area contributed by atoms with Crippen molar-refractivity contribution < 1.29 is 28.6 Å². The highest BCUT2D eigenvalue weighted by molar-refractivity contribution is 6.20. The number of benzene rings is 2. The molecule has 0 amide bonds. The van der Waals surface area contributed by atoms with E-state index in [1.807, 2.05) is 6.07 Å². The van der Waals surface area contributed by atoms with Crippen molar-refractivity contribution in [1.29, 1.82) is 0 Å². The Bertz CT molecular complexity index is 918. The summed E-state index contributed by atoms with van der Waals surface area (Å²) in [4.78, 5) is 37.1. The fourth-order valence-electron chi connectivity index (χ4n) is 2.63. The van der Waals surface area contributed by atoms with Crippen molar-refractivity contribution in [2.75, 3.05) is 19.0 Å². The molecule has 1 aliphatic heterocycles. The van der Waals surface area contributed by atoms with Crippen LogP contribution in [-0.4, -0.2) is 37.4 Å². The van der Waals surface area contributed by atoms with Crippen LogP contribution in [-0.2, 0) is 19.1 Å². The van der Waals surface area contributed by atoms with E-state index in [1.165, 1.54) is 14.0 Å². The summed E-state index contributed by atoms with van der Waals surface area (Å²) in [5.41, 5.74) is 0.782. The van der Waals surface area contributed by atoms with Crippen LogP contribution in [0.1, 0.15) is 17.3 Å². The number of anilines is 1. The Morgan fingerprint density at radius 3 is 2.39 bits per heavy atom. The van der Waals surface area contributed by atoms with Gasteiger partial charge in [-0.25, -0.2) is 4.79 Å². The predicted molar refractivity (Wildman–Crippen MR) is 101 cm³/mol. The van der Waals surface area contributed by atoms with E-state index in [-0.39, 0.29) is 23.8 Å². The molecule has 0 saturated carbocycles. The van der Waals surface area contributed by atoms with E-state index in [1.54, 1.807) is 48.5 Å². The molecular formula is C21H19NO6. The molecule has 0 bridgehead atoms. The number of para-hydroxylation sites is 1. The minimum absolute atomic E-state index is 0.0188. The van der Waals surface area contributed by atoms with Gasteiger partial charge in [0.25, 0.3) is 0 Å². The Kier molecular flexibility index (Phi) is 5.74. The summed E-state index contributed by atoms with van der Waals surface area (Å²) < 4.78 is 15.6. The van der Waals surface area contributed by atoms with Gasteiger partial charge in [0, 0.05) is 11.3 Å². The standard InChI is InChI=1S/C21H19NO6/c1-13(19(24)14-8-10-16(26-2)11-9-14)28-21(25)18-17(23)12-27-20(18)22-15-6-4-3-5-7-15/h3-11,13,22H,12H2,1-2H3/t13-/m0/s1. The molecule has 0 radical (unpaired) electrons. The van der Waals surface area contributed by atoms with Crippen molar-refractivity contribution in [3.63, 3.8) is 0 Å². The van der Waals surface area contributed by atoms with Crippen molar-refractivity contribution in [3.8, 4) is 5.75 Å². The van der Waals surface area contributed by atoms with Crippen LogP contribution >= 0.6 is 0 Å². The molecule has 2 aromatic carbocycles. The second-order valence-electron chi connectivity index (χ2n) is 6.05. The first-order valence-corrected chi connectivity index (χ1v) is 8.61. The van der Waals surface area contributed by atoms with Crippen LogP contribution in [0.15, 0.2) is 66.1 Å². The van der Waals surface area contributed by atoms with E-state index in [0.717, 1.165) is 0 Å². The van der Waals surface area contributed by atoms with E-state index in [9.17, 15) is 14.4 Å². The number of rotatable bonds is 7. The van der Waals surface area contributed by atoms with Gasteiger partial charge in [0.05, 0.1) is 7.11 Å². The lowest BCUT2D eigenvalue weighted by molar-refractivity contribution is -0.142. The molecule has 0 saturated heterocycles. The van der Waals surface area contributed by atoms with Crippen LogP contribution < -0.4 is 10.1 Å². The van der Waals surface area contributed by atoms with E-state index < -0.39 is 17.9 Å². The van der Waals surface area contributed by atoms with Crippen molar-refractivity contribution >= 4 is 23.2 Å². The number of ketones is 2. The number of hydrogen-bond donors (Lipinski definition) is 1. The molecule has 1 atom stereocenters. The Hall–Kier alpha value is -3.61. The van der Waals surface area contributed by atoms with Crippen LogP contribution in [0, 0.1) is 0 Å². The second kappa shape index (κ2) is 8.39. The maximum atomic E-state index is 12.5. The molecule has 0 aliphatic carbocycles. The monoisotopic (exact) mass is 381 g/mol. The molecule has 0 spiro atoms. The quantitative estimate of drug-likeness (QED) is 0.448.